The average molecular weight is 377 g/mol. The van der Waals surface area contributed by atoms with Crippen molar-refractivity contribution in [1.29, 1.82) is 0 Å². The van der Waals surface area contributed by atoms with Gasteiger partial charge in [-0.15, -0.1) is 10.2 Å². The van der Waals surface area contributed by atoms with E-state index in [9.17, 15) is 9.59 Å². The zero-order valence-electron chi connectivity index (χ0n) is 15.1. The zero-order chi connectivity index (χ0) is 19.1. The fourth-order valence-electron chi connectivity index (χ4n) is 2.51. The molecule has 8 nitrogen and oxygen atoms in total. The monoisotopic (exact) mass is 377 g/mol. The van der Waals surface area contributed by atoms with Gasteiger partial charge < -0.3 is 15.8 Å². The number of amides is 1. The number of carbonyl (C=O) groups is 2. The fourth-order valence-corrected chi connectivity index (χ4v) is 3.34. The van der Waals surface area contributed by atoms with Crippen molar-refractivity contribution in [3.05, 3.63) is 29.8 Å². The lowest BCUT2D eigenvalue weighted by Gasteiger charge is -2.20. The van der Waals surface area contributed by atoms with E-state index in [1.54, 1.807) is 4.57 Å². The molecule has 2 rings (SSSR count). The van der Waals surface area contributed by atoms with Gasteiger partial charge in [-0.2, -0.15) is 0 Å². The van der Waals surface area contributed by atoms with Crippen LogP contribution >= 0.6 is 11.8 Å². The number of hydrogen-bond acceptors (Lipinski definition) is 7. The van der Waals surface area contributed by atoms with Gasteiger partial charge in [-0.05, 0) is 24.5 Å². The van der Waals surface area contributed by atoms with Crippen LogP contribution in [0.1, 0.15) is 31.9 Å². The molecular weight excluding hydrogens is 354 g/mol. The van der Waals surface area contributed by atoms with Gasteiger partial charge in [-0.3, -0.25) is 14.2 Å². The van der Waals surface area contributed by atoms with Crippen LogP contribution in [-0.2, 0) is 20.7 Å². The van der Waals surface area contributed by atoms with Gasteiger partial charge >= 0.3 is 5.97 Å². The largest absolute Gasteiger partial charge is 0.468 e. The van der Waals surface area contributed by atoms with Crippen molar-refractivity contribution in [3.8, 4) is 0 Å². The number of ether oxygens (including phenoxy) is 1. The maximum Gasteiger partial charge on any atom is 0.316 e. The molecular formula is C17H23N5O3S. The number of anilines is 2. The van der Waals surface area contributed by atoms with Crippen LogP contribution in [0.3, 0.4) is 0 Å². The second kappa shape index (κ2) is 9.23. The molecule has 0 bridgehead atoms. The van der Waals surface area contributed by atoms with E-state index >= 15 is 0 Å². The number of nitrogens with one attached hydrogen (secondary N) is 1. The summed E-state index contributed by atoms with van der Waals surface area (Å²) in [5.74, 6) is -0.411. The van der Waals surface area contributed by atoms with E-state index in [0.717, 1.165) is 29.4 Å². The quantitative estimate of drug-likeness (QED) is 0.536. The number of benzene rings is 1. The van der Waals surface area contributed by atoms with Crippen molar-refractivity contribution in [1.82, 2.24) is 14.8 Å². The summed E-state index contributed by atoms with van der Waals surface area (Å²) in [7, 11) is 1.31. The number of rotatable bonds is 8. The highest BCUT2D eigenvalue weighted by Crippen LogP contribution is 2.27. The SMILES string of the molecule is CCc1ccccc1NC(=O)C(CC)n1c(N)nnc1SCC(=O)OC. The molecule has 2 aromatic rings. The van der Waals surface area contributed by atoms with E-state index in [-0.39, 0.29) is 17.6 Å². The molecule has 0 fully saturated rings. The molecule has 26 heavy (non-hydrogen) atoms. The molecule has 140 valence electrons. The molecule has 0 aliphatic heterocycles. The van der Waals surface area contributed by atoms with Crippen LogP contribution in [0.5, 0.6) is 0 Å². The molecule has 9 heteroatoms. The minimum Gasteiger partial charge on any atom is -0.468 e. The van der Waals surface area contributed by atoms with Crippen molar-refractivity contribution in [2.75, 3.05) is 23.9 Å². The summed E-state index contributed by atoms with van der Waals surface area (Å²) in [6.07, 6.45) is 1.30. The second-order valence-corrected chi connectivity index (χ2v) is 6.44. The lowest BCUT2D eigenvalue weighted by Crippen LogP contribution is -2.27. The molecule has 1 aromatic carbocycles. The Bertz CT molecular complexity index is 778. The first kappa shape index (κ1) is 19.8. The molecule has 1 aromatic heterocycles. The first-order valence-corrected chi connectivity index (χ1v) is 9.29. The molecule has 0 aliphatic rings. The third-order valence-corrected chi connectivity index (χ3v) is 4.81. The number of carbonyl (C=O) groups excluding carboxylic acids is 2. The summed E-state index contributed by atoms with van der Waals surface area (Å²) >= 11 is 1.13. The first-order valence-electron chi connectivity index (χ1n) is 8.30. The van der Waals surface area contributed by atoms with Gasteiger partial charge in [0.25, 0.3) is 0 Å². The van der Waals surface area contributed by atoms with Crippen LogP contribution in [0, 0.1) is 0 Å². The molecule has 1 amide bonds. The van der Waals surface area contributed by atoms with Gasteiger partial charge in [0.05, 0.1) is 12.9 Å². The summed E-state index contributed by atoms with van der Waals surface area (Å²) < 4.78 is 6.18. The Morgan fingerprint density at radius 3 is 2.69 bits per heavy atom. The fraction of sp³-hybridized carbons (Fsp3) is 0.412. The predicted octanol–water partition coefficient (Wildman–Crippen LogP) is 2.28. The van der Waals surface area contributed by atoms with Crippen LogP contribution < -0.4 is 11.1 Å². The van der Waals surface area contributed by atoms with Crippen molar-refractivity contribution in [2.45, 2.75) is 37.9 Å². The topological polar surface area (TPSA) is 112 Å². The number of aryl methyl sites for hydroxylation is 1. The van der Waals surface area contributed by atoms with Crippen LogP contribution in [-0.4, -0.2) is 39.5 Å². The van der Waals surface area contributed by atoms with Gasteiger partial charge in [0.2, 0.25) is 11.9 Å². The van der Waals surface area contributed by atoms with Crippen LogP contribution in [0.25, 0.3) is 0 Å². The van der Waals surface area contributed by atoms with E-state index in [0.29, 0.717) is 11.6 Å². The number of thioether (sulfide) groups is 1. The minimum absolute atomic E-state index is 0.0609. The van der Waals surface area contributed by atoms with Gasteiger partial charge in [-0.1, -0.05) is 43.8 Å². The van der Waals surface area contributed by atoms with Crippen molar-refractivity contribution >= 4 is 35.3 Å². The molecule has 0 spiro atoms. The molecule has 0 saturated carbocycles. The number of para-hydroxylation sites is 1. The molecule has 0 radical (unpaired) electrons. The number of hydrogen-bond donors (Lipinski definition) is 2. The lowest BCUT2D eigenvalue weighted by molar-refractivity contribution is -0.137. The Morgan fingerprint density at radius 2 is 2.04 bits per heavy atom. The molecule has 1 unspecified atom stereocenters. The summed E-state index contributed by atoms with van der Waals surface area (Å²) in [5, 5.41) is 11.2. The zero-order valence-corrected chi connectivity index (χ0v) is 15.9. The Kier molecular flexibility index (Phi) is 7.02. The van der Waals surface area contributed by atoms with Crippen LogP contribution in [0.2, 0.25) is 0 Å². The maximum atomic E-state index is 12.9. The Morgan fingerprint density at radius 1 is 1.31 bits per heavy atom. The standard InChI is InChI=1S/C17H23N5O3S/c1-4-11-8-6-7-9-12(11)19-15(24)13(5-2)22-16(18)20-21-17(22)26-10-14(23)25-3/h6-9,13H,4-5,10H2,1-3H3,(H2,18,20)(H,19,24). The van der Waals surface area contributed by atoms with E-state index in [2.05, 4.69) is 20.3 Å². The Balaban J connectivity index is 2.23. The average Bonchev–Trinajstić information content (AvgIpc) is 3.01. The van der Waals surface area contributed by atoms with E-state index < -0.39 is 12.0 Å². The van der Waals surface area contributed by atoms with Crippen LogP contribution in [0.15, 0.2) is 29.4 Å². The van der Waals surface area contributed by atoms with Crippen LogP contribution in [0.4, 0.5) is 11.6 Å². The summed E-state index contributed by atoms with van der Waals surface area (Å²) in [6, 6.07) is 7.06. The number of nitrogen functional groups attached to an aromatic ring is 1. The second-order valence-electron chi connectivity index (χ2n) is 5.50. The van der Waals surface area contributed by atoms with Gasteiger partial charge in [0, 0.05) is 5.69 Å². The highest BCUT2D eigenvalue weighted by molar-refractivity contribution is 7.99. The number of nitrogens with two attached hydrogens (primary N) is 1. The Hall–Kier alpha value is -2.55. The third-order valence-electron chi connectivity index (χ3n) is 3.89. The third kappa shape index (κ3) is 4.54. The molecule has 3 N–H and O–H groups in total. The number of aromatic nitrogens is 3. The lowest BCUT2D eigenvalue weighted by atomic mass is 10.1. The minimum atomic E-state index is -0.588. The van der Waals surface area contributed by atoms with Gasteiger partial charge in [0.1, 0.15) is 6.04 Å². The summed E-state index contributed by atoms with van der Waals surface area (Å²) in [5.41, 5.74) is 7.74. The molecule has 0 saturated heterocycles. The van der Waals surface area contributed by atoms with Gasteiger partial charge in [-0.25, -0.2) is 0 Å². The smallest absolute Gasteiger partial charge is 0.316 e. The number of nitrogens with zero attached hydrogens (tertiary/aromatic N) is 3. The molecule has 1 heterocycles. The van der Waals surface area contributed by atoms with E-state index in [1.807, 2.05) is 38.1 Å². The molecule has 1 atom stereocenters. The molecule has 0 aliphatic carbocycles. The highest BCUT2D eigenvalue weighted by atomic mass is 32.2. The normalized spacial score (nSPS) is 11.8. The van der Waals surface area contributed by atoms with Crippen molar-refractivity contribution < 1.29 is 14.3 Å². The number of esters is 1. The predicted molar refractivity (Wildman–Crippen MR) is 101 cm³/mol. The van der Waals surface area contributed by atoms with Gasteiger partial charge in [0.15, 0.2) is 5.16 Å². The first-order chi connectivity index (χ1) is 12.5. The number of methoxy groups -OCH3 is 1. The summed E-state index contributed by atoms with van der Waals surface area (Å²) in [6.45, 7) is 3.91. The van der Waals surface area contributed by atoms with Crippen molar-refractivity contribution in [2.24, 2.45) is 0 Å². The van der Waals surface area contributed by atoms with E-state index in [4.69, 9.17) is 5.73 Å². The highest BCUT2D eigenvalue weighted by Gasteiger charge is 2.25. The summed E-state index contributed by atoms with van der Waals surface area (Å²) in [4.78, 5) is 24.2. The van der Waals surface area contributed by atoms with Crippen molar-refractivity contribution in [3.63, 3.8) is 0 Å². The maximum absolute atomic E-state index is 12.9. The Labute approximate surface area is 156 Å². The van der Waals surface area contributed by atoms with E-state index in [1.165, 1.54) is 7.11 Å².